The number of nitrogens with one attached hydrogen (secondary N) is 3. The van der Waals surface area contributed by atoms with Gasteiger partial charge in [0.25, 0.3) is 10.0 Å². The Morgan fingerprint density at radius 3 is 2.08 bits per heavy atom. The van der Waals surface area contributed by atoms with Crippen molar-refractivity contribution in [3.8, 4) is 0 Å². The van der Waals surface area contributed by atoms with E-state index in [2.05, 4.69) is 15.4 Å². The first-order valence-corrected chi connectivity index (χ1v) is 9.49. The number of thiocarbonyl (C=S) groups is 1. The molecule has 0 atom stereocenters. The van der Waals surface area contributed by atoms with Gasteiger partial charge >= 0.3 is 0 Å². The molecule has 128 valence electrons. The molecule has 24 heavy (non-hydrogen) atoms. The van der Waals surface area contributed by atoms with Crippen LogP contribution in [0.1, 0.15) is 13.8 Å². The summed E-state index contributed by atoms with van der Waals surface area (Å²) in [5.41, 5.74) is 1.16. The van der Waals surface area contributed by atoms with Gasteiger partial charge < -0.3 is 10.6 Å². The van der Waals surface area contributed by atoms with Crippen molar-refractivity contribution in [1.29, 1.82) is 0 Å². The van der Waals surface area contributed by atoms with E-state index in [0.29, 0.717) is 21.5 Å². The van der Waals surface area contributed by atoms with Gasteiger partial charge in [-0.25, -0.2) is 8.42 Å². The van der Waals surface area contributed by atoms with Gasteiger partial charge in [0.05, 0.1) is 4.90 Å². The first-order valence-electron chi connectivity index (χ1n) is 7.22. The van der Waals surface area contributed by atoms with E-state index in [0.717, 1.165) is 0 Å². The van der Waals surface area contributed by atoms with E-state index >= 15 is 0 Å². The van der Waals surface area contributed by atoms with Crippen molar-refractivity contribution in [2.45, 2.75) is 24.8 Å². The van der Waals surface area contributed by atoms with E-state index in [9.17, 15) is 8.42 Å². The molecule has 0 aliphatic heterocycles. The zero-order valence-corrected chi connectivity index (χ0v) is 15.6. The van der Waals surface area contributed by atoms with Crippen molar-refractivity contribution in [1.82, 2.24) is 5.32 Å². The Morgan fingerprint density at radius 1 is 1.00 bits per heavy atom. The Bertz CT molecular complexity index is 804. The molecule has 3 N–H and O–H groups in total. The van der Waals surface area contributed by atoms with E-state index in [1.165, 1.54) is 12.1 Å². The van der Waals surface area contributed by atoms with Gasteiger partial charge in [0.1, 0.15) is 0 Å². The summed E-state index contributed by atoms with van der Waals surface area (Å²) in [4.78, 5) is 0.158. The Labute approximate surface area is 152 Å². The lowest BCUT2D eigenvalue weighted by Crippen LogP contribution is -2.33. The number of anilines is 2. The number of sulfonamides is 1. The highest BCUT2D eigenvalue weighted by Crippen LogP contribution is 2.19. The molecule has 0 unspecified atom stereocenters. The molecule has 2 aromatic rings. The Kier molecular flexibility index (Phi) is 6.04. The van der Waals surface area contributed by atoms with Gasteiger partial charge in [-0.3, -0.25) is 4.72 Å². The summed E-state index contributed by atoms with van der Waals surface area (Å²) in [6.45, 7) is 3.96. The fourth-order valence-corrected chi connectivity index (χ4v) is 3.42. The van der Waals surface area contributed by atoms with Gasteiger partial charge in [0.2, 0.25) is 0 Å². The minimum atomic E-state index is -3.66. The molecule has 0 aromatic heterocycles. The number of hydrogen-bond donors (Lipinski definition) is 3. The maximum atomic E-state index is 12.4. The quantitative estimate of drug-likeness (QED) is 0.684. The van der Waals surface area contributed by atoms with Crippen molar-refractivity contribution in [3.63, 3.8) is 0 Å². The second-order valence-corrected chi connectivity index (χ2v) is 7.92. The van der Waals surface area contributed by atoms with E-state index < -0.39 is 10.0 Å². The third-order valence-electron chi connectivity index (χ3n) is 2.94. The monoisotopic (exact) mass is 383 g/mol. The van der Waals surface area contributed by atoms with Crippen LogP contribution in [0.3, 0.4) is 0 Å². The number of rotatable bonds is 5. The van der Waals surface area contributed by atoms with Crippen LogP contribution in [-0.2, 0) is 10.0 Å². The fourth-order valence-electron chi connectivity index (χ4n) is 1.88. The molecular weight excluding hydrogens is 366 g/mol. The van der Waals surface area contributed by atoms with E-state index in [1.807, 2.05) is 13.8 Å². The van der Waals surface area contributed by atoms with Crippen molar-refractivity contribution < 1.29 is 8.42 Å². The average molecular weight is 384 g/mol. The predicted molar refractivity (Wildman–Crippen MR) is 103 cm³/mol. The summed E-state index contributed by atoms with van der Waals surface area (Å²) in [6.07, 6.45) is 0. The lowest BCUT2D eigenvalue weighted by molar-refractivity contribution is 0.601. The number of hydrogen-bond acceptors (Lipinski definition) is 3. The molecule has 0 saturated carbocycles. The van der Waals surface area contributed by atoms with Crippen molar-refractivity contribution in [2.75, 3.05) is 10.0 Å². The SMILES string of the molecule is CC(C)NC(=S)Nc1ccc(S(=O)(=O)Nc2ccc(Cl)cc2)cc1. The first kappa shape index (κ1) is 18.5. The van der Waals surface area contributed by atoms with Crippen molar-refractivity contribution in [2.24, 2.45) is 0 Å². The summed E-state index contributed by atoms with van der Waals surface area (Å²) >= 11 is 10.9. The molecular formula is C16H18ClN3O2S2. The number of halogens is 1. The van der Waals surface area contributed by atoms with Crippen LogP contribution in [-0.4, -0.2) is 19.6 Å². The molecule has 0 spiro atoms. The summed E-state index contributed by atoms with van der Waals surface area (Å²) in [7, 11) is -3.66. The predicted octanol–water partition coefficient (Wildman–Crippen LogP) is 3.84. The zero-order chi connectivity index (χ0) is 17.7. The third-order valence-corrected chi connectivity index (χ3v) is 4.81. The minimum Gasteiger partial charge on any atom is -0.360 e. The fraction of sp³-hybridized carbons (Fsp3) is 0.188. The highest BCUT2D eigenvalue weighted by Gasteiger charge is 2.14. The second-order valence-electron chi connectivity index (χ2n) is 5.39. The van der Waals surface area contributed by atoms with Gasteiger partial charge in [-0.15, -0.1) is 0 Å². The van der Waals surface area contributed by atoms with Crippen molar-refractivity contribution >= 4 is 50.3 Å². The van der Waals surface area contributed by atoms with Gasteiger partial charge in [-0.1, -0.05) is 11.6 Å². The van der Waals surface area contributed by atoms with Crippen LogP contribution >= 0.6 is 23.8 Å². The van der Waals surface area contributed by atoms with Crippen LogP contribution in [0, 0.1) is 0 Å². The third kappa shape index (κ3) is 5.36. The molecule has 0 bridgehead atoms. The normalized spacial score (nSPS) is 11.2. The zero-order valence-electron chi connectivity index (χ0n) is 13.2. The first-order chi connectivity index (χ1) is 11.3. The second kappa shape index (κ2) is 7.83. The maximum absolute atomic E-state index is 12.4. The number of benzene rings is 2. The average Bonchev–Trinajstić information content (AvgIpc) is 2.49. The summed E-state index contributed by atoms with van der Waals surface area (Å²) in [5, 5.41) is 7.08. The summed E-state index contributed by atoms with van der Waals surface area (Å²) in [5.74, 6) is 0. The Hall–Kier alpha value is -1.83. The van der Waals surface area contributed by atoms with Crippen LogP contribution in [0.15, 0.2) is 53.4 Å². The van der Waals surface area contributed by atoms with Crippen LogP contribution in [0.25, 0.3) is 0 Å². The molecule has 0 amide bonds. The molecule has 0 saturated heterocycles. The molecule has 0 aliphatic rings. The summed E-state index contributed by atoms with van der Waals surface area (Å²) in [6, 6.07) is 13.0. The van der Waals surface area contributed by atoms with Crippen LogP contribution < -0.4 is 15.4 Å². The van der Waals surface area contributed by atoms with E-state index in [1.54, 1.807) is 36.4 Å². The van der Waals surface area contributed by atoms with E-state index in [-0.39, 0.29) is 10.9 Å². The molecule has 2 aromatic carbocycles. The molecule has 8 heteroatoms. The van der Waals surface area contributed by atoms with Crippen LogP contribution in [0.4, 0.5) is 11.4 Å². The summed E-state index contributed by atoms with van der Waals surface area (Å²) < 4.78 is 27.2. The lowest BCUT2D eigenvalue weighted by Gasteiger charge is -2.13. The lowest BCUT2D eigenvalue weighted by atomic mass is 10.3. The van der Waals surface area contributed by atoms with Gasteiger partial charge in [0, 0.05) is 22.4 Å². The topological polar surface area (TPSA) is 70.2 Å². The molecule has 2 rings (SSSR count). The molecule has 0 aliphatic carbocycles. The standard InChI is InChI=1S/C16H18ClN3O2S2/c1-11(2)18-16(23)19-13-7-9-15(10-8-13)24(21,22)20-14-5-3-12(17)4-6-14/h3-11,20H,1-2H3,(H2,18,19,23). The van der Waals surface area contributed by atoms with Crippen molar-refractivity contribution in [3.05, 3.63) is 53.6 Å². The molecule has 0 fully saturated rings. The van der Waals surface area contributed by atoms with Crippen LogP contribution in [0.5, 0.6) is 0 Å². The molecule has 0 heterocycles. The maximum Gasteiger partial charge on any atom is 0.261 e. The van der Waals surface area contributed by atoms with E-state index in [4.69, 9.17) is 23.8 Å². The minimum absolute atomic E-state index is 0.158. The Balaban J connectivity index is 2.08. The largest absolute Gasteiger partial charge is 0.360 e. The van der Waals surface area contributed by atoms with Gasteiger partial charge in [0.15, 0.2) is 5.11 Å². The highest BCUT2D eigenvalue weighted by molar-refractivity contribution is 7.92. The smallest absolute Gasteiger partial charge is 0.261 e. The Morgan fingerprint density at radius 2 is 1.54 bits per heavy atom. The molecule has 0 radical (unpaired) electrons. The van der Waals surface area contributed by atoms with Crippen LogP contribution in [0.2, 0.25) is 5.02 Å². The van der Waals surface area contributed by atoms with Gasteiger partial charge in [-0.05, 0) is 74.6 Å². The van der Waals surface area contributed by atoms with Gasteiger partial charge in [-0.2, -0.15) is 0 Å². The molecule has 5 nitrogen and oxygen atoms in total. The highest BCUT2D eigenvalue weighted by atomic mass is 35.5.